The van der Waals surface area contributed by atoms with Gasteiger partial charge in [0, 0.05) is 30.7 Å². The van der Waals surface area contributed by atoms with E-state index < -0.39 is 0 Å². The Morgan fingerprint density at radius 3 is 3.13 bits per heavy atom. The number of nitrogens with zero attached hydrogens (tertiary/aromatic N) is 2. The van der Waals surface area contributed by atoms with E-state index in [4.69, 9.17) is 4.74 Å². The third-order valence-electron chi connectivity index (χ3n) is 6.25. The van der Waals surface area contributed by atoms with Crippen LogP contribution in [-0.4, -0.2) is 40.2 Å². The fourth-order valence-corrected chi connectivity index (χ4v) is 5.11. The lowest BCUT2D eigenvalue weighted by molar-refractivity contribution is -0.125. The molecule has 0 spiro atoms. The highest BCUT2D eigenvalue weighted by atomic mass is 16.5. The van der Waals surface area contributed by atoms with E-state index in [0.717, 1.165) is 17.4 Å². The van der Waals surface area contributed by atoms with Gasteiger partial charge in [0.1, 0.15) is 5.75 Å². The number of aromatic hydroxyl groups is 1. The SMILES string of the molecule is CCC12CC3CN(C1)C(C2)C(c1ccnc2ccc(O)cc12)O3. The molecule has 3 aliphatic heterocycles. The number of phenolic OH excluding ortho intramolecular Hbond substituents is 1. The van der Waals surface area contributed by atoms with E-state index >= 15 is 0 Å². The highest BCUT2D eigenvalue weighted by Crippen LogP contribution is 2.54. The summed E-state index contributed by atoms with van der Waals surface area (Å²) in [5.41, 5.74) is 2.56. The Balaban J connectivity index is 1.62. The fourth-order valence-electron chi connectivity index (χ4n) is 5.11. The zero-order valence-electron chi connectivity index (χ0n) is 13.4. The number of hydrogen-bond acceptors (Lipinski definition) is 4. The van der Waals surface area contributed by atoms with Gasteiger partial charge in [-0.25, -0.2) is 0 Å². The largest absolute Gasteiger partial charge is 0.508 e. The van der Waals surface area contributed by atoms with Gasteiger partial charge in [-0.05, 0) is 54.5 Å². The minimum absolute atomic E-state index is 0.0944. The van der Waals surface area contributed by atoms with Crippen LogP contribution in [0.5, 0.6) is 5.75 Å². The Hall–Kier alpha value is -1.65. The van der Waals surface area contributed by atoms with Crippen molar-refractivity contribution >= 4 is 10.9 Å². The van der Waals surface area contributed by atoms with Gasteiger partial charge in [-0.1, -0.05) is 6.92 Å². The first kappa shape index (κ1) is 13.8. The van der Waals surface area contributed by atoms with Crippen molar-refractivity contribution in [2.24, 2.45) is 5.41 Å². The Kier molecular flexibility index (Phi) is 2.80. The molecule has 1 aromatic heterocycles. The summed E-state index contributed by atoms with van der Waals surface area (Å²) in [6.07, 6.45) is 5.97. The average molecular weight is 310 g/mol. The van der Waals surface area contributed by atoms with Crippen molar-refractivity contribution in [3.05, 3.63) is 36.0 Å². The van der Waals surface area contributed by atoms with Crippen LogP contribution in [0.3, 0.4) is 0 Å². The van der Waals surface area contributed by atoms with Gasteiger partial charge in [-0.2, -0.15) is 0 Å². The van der Waals surface area contributed by atoms with Crippen LogP contribution in [0, 0.1) is 5.41 Å². The minimum atomic E-state index is 0.0944. The zero-order valence-corrected chi connectivity index (χ0v) is 13.4. The average Bonchev–Trinajstić information content (AvgIpc) is 2.76. The van der Waals surface area contributed by atoms with Gasteiger partial charge < -0.3 is 9.84 Å². The second-order valence-electron chi connectivity index (χ2n) is 7.54. The zero-order chi connectivity index (χ0) is 15.6. The van der Waals surface area contributed by atoms with Crippen molar-refractivity contribution in [3.8, 4) is 5.75 Å². The van der Waals surface area contributed by atoms with E-state index in [1.807, 2.05) is 18.3 Å². The maximum absolute atomic E-state index is 9.90. The highest BCUT2D eigenvalue weighted by molar-refractivity contribution is 5.83. The molecule has 0 saturated carbocycles. The van der Waals surface area contributed by atoms with Crippen LogP contribution in [-0.2, 0) is 4.74 Å². The maximum atomic E-state index is 9.90. The number of morpholine rings is 1. The molecular formula is C19H22N2O2. The smallest absolute Gasteiger partial charge is 0.116 e. The van der Waals surface area contributed by atoms with E-state index in [9.17, 15) is 5.11 Å². The molecule has 0 aliphatic carbocycles. The lowest BCUT2D eigenvalue weighted by Crippen LogP contribution is -2.51. The second-order valence-corrected chi connectivity index (χ2v) is 7.54. The molecule has 3 fully saturated rings. The number of ether oxygens (including phenoxy) is 1. The van der Waals surface area contributed by atoms with E-state index in [1.165, 1.54) is 31.4 Å². The number of hydrogen-bond donors (Lipinski definition) is 1. The van der Waals surface area contributed by atoms with Crippen LogP contribution < -0.4 is 0 Å². The standard InChI is InChI=1S/C19H22N2O2/c1-2-19-8-13-10-21(11-19)17(9-19)18(23-13)14-5-6-20-16-4-3-12(22)7-15(14)16/h3-7,13,17-18,22H,2,8-11H2,1H3. The summed E-state index contributed by atoms with van der Waals surface area (Å²) in [4.78, 5) is 7.08. The lowest BCUT2D eigenvalue weighted by Gasteiger charge is -2.44. The first-order valence-electron chi connectivity index (χ1n) is 8.65. The molecule has 5 atom stereocenters. The predicted molar refractivity (Wildman–Crippen MR) is 88.3 cm³/mol. The van der Waals surface area contributed by atoms with E-state index in [2.05, 4.69) is 22.9 Å². The van der Waals surface area contributed by atoms with Gasteiger partial charge in [0.05, 0.1) is 17.7 Å². The van der Waals surface area contributed by atoms with Gasteiger partial charge in [-0.15, -0.1) is 0 Å². The van der Waals surface area contributed by atoms with Gasteiger partial charge in [0.25, 0.3) is 0 Å². The summed E-state index contributed by atoms with van der Waals surface area (Å²) in [6.45, 7) is 4.62. The van der Waals surface area contributed by atoms with Crippen molar-refractivity contribution in [1.82, 2.24) is 9.88 Å². The molecule has 1 aromatic carbocycles. The van der Waals surface area contributed by atoms with Crippen LogP contribution in [0.15, 0.2) is 30.5 Å². The summed E-state index contributed by atoms with van der Waals surface area (Å²) in [5, 5.41) is 10.9. The normalized spacial score (nSPS) is 38.3. The number of benzene rings is 1. The Morgan fingerprint density at radius 2 is 2.26 bits per heavy atom. The Labute approximate surface area is 136 Å². The quantitative estimate of drug-likeness (QED) is 0.925. The van der Waals surface area contributed by atoms with Gasteiger partial charge in [-0.3, -0.25) is 9.88 Å². The predicted octanol–water partition coefficient (Wildman–Crippen LogP) is 3.25. The van der Waals surface area contributed by atoms with Gasteiger partial charge >= 0.3 is 0 Å². The summed E-state index contributed by atoms with van der Waals surface area (Å²) >= 11 is 0. The first-order valence-corrected chi connectivity index (χ1v) is 8.65. The van der Waals surface area contributed by atoms with E-state index in [-0.39, 0.29) is 6.10 Å². The van der Waals surface area contributed by atoms with Crippen LogP contribution >= 0.6 is 0 Å². The molecular weight excluding hydrogens is 288 g/mol. The summed E-state index contributed by atoms with van der Waals surface area (Å²) in [5.74, 6) is 0.292. The molecule has 120 valence electrons. The first-order chi connectivity index (χ1) is 11.2. The van der Waals surface area contributed by atoms with E-state index in [0.29, 0.717) is 23.3 Å². The van der Waals surface area contributed by atoms with Crippen molar-refractivity contribution in [3.63, 3.8) is 0 Å². The number of rotatable bonds is 2. The molecule has 3 bridgehead atoms. The van der Waals surface area contributed by atoms with Crippen molar-refractivity contribution < 1.29 is 9.84 Å². The Morgan fingerprint density at radius 1 is 1.35 bits per heavy atom. The molecule has 2 aromatic rings. The van der Waals surface area contributed by atoms with Crippen LogP contribution in [0.25, 0.3) is 10.9 Å². The maximum Gasteiger partial charge on any atom is 0.116 e. The lowest BCUT2D eigenvalue weighted by atomic mass is 9.77. The molecule has 4 heteroatoms. The number of aromatic nitrogens is 1. The van der Waals surface area contributed by atoms with Crippen molar-refractivity contribution in [2.45, 2.75) is 44.4 Å². The summed E-state index contributed by atoms with van der Waals surface area (Å²) in [7, 11) is 0. The molecule has 4 heterocycles. The third kappa shape index (κ3) is 1.95. The molecule has 3 aliphatic rings. The number of phenols is 1. The molecule has 5 unspecified atom stereocenters. The summed E-state index contributed by atoms with van der Waals surface area (Å²) < 4.78 is 6.52. The Bertz CT molecular complexity index is 777. The third-order valence-corrected chi connectivity index (χ3v) is 6.25. The van der Waals surface area contributed by atoms with Gasteiger partial charge in [0.15, 0.2) is 0 Å². The van der Waals surface area contributed by atoms with Crippen LogP contribution in [0.2, 0.25) is 0 Å². The summed E-state index contributed by atoms with van der Waals surface area (Å²) in [6, 6.07) is 7.95. The number of fused-ring (bicyclic) bond motifs is 3. The van der Waals surface area contributed by atoms with Crippen LogP contribution in [0.4, 0.5) is 0 Å². The molecule has 0 radical (unpaired) electrons. The molecule has 4 nitrogen and oxygen atoms in total. The molecule has 5 rings (SSSR count). The molecule has 3 saturated heterocycles. The highest BCUT2D eigenvalue weighted by Gasteiger charge is 2.55. The fraction of sp³-hybridized carbons (Fsp3) is 0.526. The minimum Gasteiger partial charge on any atom is -0.508 e. The number of piperidine rings is 1. The topological polar surface area (TPSA) is 45.6 Å². The molecule has 23 heavy (non-hydrogen) atoms. The monoisotopic (exact) mass is 310 g/mol. The second kappa shape index (κ2) is 4.68. The van der Waals surface area contributed by atoms with Gasteiger partial charge in [0.2, 0.25) is 0 Å². The molecule has 0 amide bonds. The van der Waals surface area contributed by atoms with Crippen molar-refractivity contribution in [2.75, 3.05) is 13.1 Å². The van der Waals surface area contributed by atoms with Crippen LogP contribution in [0.1, 0.15) is 37.9 Å². The molecule has 1 N–H and O–H groups in total. The van der Waals surface area contributed by atoms with E-state index in [1.54, 1.807) is 6.07 Å². The van der Waals surface area contributed by atoms with Crippen molar-refractivity contribution in [1.29, 1.82) is 0 Å². The number of pyridine rings is 1.